The van der Waals surface area contributed by atoms with Crippen molar-refractivity contribution in [1.29, 1.82) is 0 Å². The second kappa shape index (κ2) is 4.17. The summed E-state index contributed by atoms with van der Waals surface area (Å²) in [5, 5.41) is 0. The van der Waals surface area contributed by atoms with E-state index >= 15 is 0 Å². The fraction of sp³-hybridized carbons (Fsp3) is 0.286. The first-order valence-electron chi connectivity index (χ1n) is 5.63. The van der Waals surface area contributed by atoms with E-state index in [9.17, 15) is 4.79 Å². The van der Waals surface area contributed by atoms with E-state index in [4.69, 9.17) is 0 Å². The third-order valence-electron chi connectivity index (χ3n) is 3.01. The number of aromatic nitrogens is 2. The molecule has 1 aromatic heterocycles. The maximum absolute atomic E-state index is 11.0. The molecule has 1 N–H and O–H groups in total. The van der Waals surface area contributed by atoms with E-state index in [0.29, 0.717) is 0 Å². The second-order valence-corrected chi connectivity index (χ2v) is 4.42. The predicted octanol–water partition coefficient (Wildman–Crippen LogP) is 3.12. The Morgan fingerprint density at radius 2 is 1.82 bits per heavy atom. The molecule has 0 atom stereocenters. The lowest BCUT2D eigenvalue weighted by Gasteiger charge is -2.08. The van der Waals surface area contributed by atoms with Crippen LogP contribution in [0.1, 0.15) is 33.0 Å². The molecule has 3 nitrogen and oxygen atoms in total. The van der Waals surface area contributed by atoms with Crippen LogP contribution in [0.5, 0.6) is 0 Å². The zero-order chi connectivity index (χ0) is 12.6. The minimum absolute atomic E-state index is 0.734. The molecule has 2 rings (SSSR count). The molecule has 0 aliphatic carbocycles. The smallest absolute Gasteiger partial charge is 0.150 e. The Hall–Kier alpha value is -1.90. The molecule has 88 valence electrons. The summed E-state index contributed by atoms with van der Waals surface area (Å²) in [5.74, 6) is 0.894. The van der Waals surface area contributed by atoms with Crippen molar-refractivity contribution >= 4 is 6.29 Å². The number of nitrogens with one attached hydrogen (secondary N) is 1. The van der Waals surface area contributed by atoms with Gasteiger partial charge in [0, 0.05) is 11.1 Å². The first-order valence-corrected chi connectivity index (χ1v) is 5.63. The monoisotopic (exact) mass is 228 g/mol. The number of nitrogens with zero attached hydrogens (tertiary/aromatic N) is 1. The normalized spacial score (nSPS) is 10.6. The Bertz CT molecular complexity index is 582. The minimum atomic E-state index is 0.734. The van der Waals surface area contributed by atoms with Crippen LogP contribution in [-0.4, -0.2) is 16.3 Å². The fourth-order valence-corrected chi connectivity index (χ4v) is 2.13. The maximum Gasteiger partial charge on any atom is 0.150 e. The van der Waals surface area contributed by atoms with Gasteiger partial charge in [0.15, 0.2) is 0 Å². The van der Waals surface area contributed by atoms with Gasteiger partial charge in [-0.15, -0.1) is 0 Å². The third-order valence-corrected chi connectivity index (χ3v) is 3.01. The molecule has 0 saturated carbocycles. The lowest BCUT2D eigenvalue weighted by molar-refractivity contribution is 0.112. The summed E-state index contributed by atoms with van der Waals surface area (Å²) in [7, 11) is 0. The largest absolute Gasteiger partial charge is 0.342 e. The summed E-state index contributed by atoms with van der Waals surface area (Å²) in [5.41, 5.74) is 5.91. The topological polar surface area (TPSA) is 45.8 Å². The highest BCUT2D eigenvalue weighted by molar-refractivity contribution is 5.82. The Balaban J connectivity index is 2.67. The fourth-order valence-electron chi connectivity index (χ4n) is 2.13. The van der Waals surface area contributed by atoms with Crippen LogP contribution in [0, 0.1) is 27.7 Å². The Labute approximate surface area is 101 Å². The van der Waals surface area contributed by atoms with Crippen molar-refractivity contribution in [1.82, 2.24) is 9.97 Å². The molecule has 0 saturated heterocycles. The summed E-state index contributed by atoms with van der Waals surface area (Å²) in [6, 6.07) is 3.96. The number of benzene rings is 1. The Morgan fingerprint density at radius 1 is 1.12 bits per heavy atom. The average Bonchev–Trinajstić information content (AvgIpc) is 2.58. The first-order chi connectivity index (χ1) is 8.02. The molecule has 0 fully saturated rings. The summed E-state index contributed by atoms with van der Waals surface area (Å²) >= 11 is 0. The van der Waals surface area contributed by atoms with Crippen LogP contribution in [0.25, 0.3) is 11.3 Å². The average molecular weight is 228 g/mol. The molecule has 3 heteroatoms. The molecule has 2 aromatic rings. The molecular formula is C14H16N2O. The number of rotatable bonds is 2. The SMILES string of the molecule is Cc1nc(C)c(-c2cc(C=O)c(C)cc2C)[nH]1. The number of aromatic amines is 1. The standard InChI is InChI=1S/C14H16N2O/c1-8-5-9(2)13(6-12(8)7-17)14-10(3)15-11(4)16-14/h5-7H,1-4H3,(H,15,16). The number of H-pyrrole nitrogens is 1. The molecular weight excluding hydrogens is 212 g/mol. The van der Waals surface area contributed by atoms with Crippen LogP contribution in [0.4, 0.5) is 0 Å². The predicted molar refractivity (Wildman–Crippen MR) is 68.4 cm³/mol. The third kappa shape index (κ3) is 2.00. The van der Waals surface area contributed by atoms with Gasteiger partial charge < -0.3 is 4.98 Å². The van der Waals surface area contributed by atoms with Gasteiger partial charge in [-0.2, -0.15) is 0 Å². The van der Waals surface area contributed by atoms with Crippen LogP contribution < -0.4 is 0 Å². The van der Waals surface area contributed by atoms with Gasteiger partial charge in [0.05, 0.1) is 11.4 Å². The highest BCUT2D eigenvalue weighted by Crippen LogP contribution is 2.27. The number of imidazole rings is 1. The summed E-state index contributed by atoms with van der Waals surface area (Å²) in [6.07, 6.45) is 0.900. The van der Waals surface area contributed by atoms with Gasteiger partial charge in [-0.05, 0) is 44.9 Å². The summed E-state index contributed by atoms with van der Waals surface area (Å²) < 4.78 is 0. The van der Waals surface area contributed by atoms with Crippen molar-refractivity contribution in [2.45, 2.75) is 27.7 Å². The quantitative estimate of drug-likeness (QED) is 0.803. The van der Waals surface area contributed by atoms with Gasteiger partial charge in [0.1, 0.15) is 12.1 Å². The van der Waals surface area contributed by atoms with E-state index in [1.807, 2.05) is 39.8 Å². The van der Waals surface area contributed by atoms with Crippen molar-refractivity contribution in [2.75, 3.05) is 0 Å². The zero-order valence-corrected chi connectivity index (χ0v) is 10.6. The minimum Gasteiger partial charge on any atom is -0.342 e. The molecule has 1 aromatic carbocycles. The molecule has 0 unspecified atom stereocenters. The molecule has 0 aliphatic rings. The van der Waals surface area contributed by atoms with Crippen molar-refractivity contribution in [3.63, 3.8) is 0 Å². The number of aryl methyl sites for hydroxylation is 4. The highest BCUT2D eigenvalue weighted by atomic mass is 16.1. The highest BCUT2D eigenvalue weighted by Gasteiger charge is 2.11. The molecule has 0 spiro atoms. The van der Waals surface area contributed by atoms with E-state index < -0.39 is 0 Å². The number of carbonyl (C=O) groups excluding carboxylic acids is 1. The molecule has 0 bridgehead atoms. The molecule has 17 heavy (non-hydrogen) atoms. The van der Waals surface area contributed by atoms with Gasteiger partial charge in [-0.25, -0.2) is 4.98 Å². The first kappa shape index (κ1) is 11.6. The number of hydrogen-bond acceptors (Lipinski definition) is 2. The van der Waals surface area contributed by atoms with E-state index in [1.165, 1.54) is 0 Å². The van der Waals surface area contributed by atoms with Crippen molar-refractivity contribution in [3.8, 4) is 11.3 Å². The van der Waals surface area contributed by atoms with Gasteiger partial charge in [-0.3, -0.25) is 4.79 Å². The van der Waals surface area contributed by atoms with Crippen LogP contribution in [0.2, 0.25) is 0 Å². The molecule has 0 aliphatic heterocycles. The van der Waals surface area contributed by atoms with E-state index in [0.717, 1.165) is 45.8 Å². The van der Waals surface area contributed by atoms with Crippen LogP contribution in [-0.2, 0) is 0 Å². The maximum atomic E-state index is 11.0. The van der Waals surface area contributed by atoms with Gasteiger partial charge in [0.25, 0.3) is 0 Å². The second-order valence-electron chi connectivity index (χ2n) is 4.42. The Kier molecular flexibility index (Phi) is 2.84. The van der Waals surface area contributed by atoms with Gasteiger partial charge in [0.2, 0.25) is 0 Å². The van der Waals surface area contributed by atoms with Crippen LogP contribution >= 0.6 is 0 Å². The van der Waals surface area contributed by atoms with Crippen LogP contribution in [0.15, 0.2) is 12.1 Å². The molecule has 0 amide bonds. The molecule has 0 radical (unpaired) electrons. The van der Waals surface area contributed by atoms with E-state index in [1.54, 1.807) is 0 Å². The Morgan fingerprint density at radius 3 is 2.35 bits per heavy atom. The van der Waals surface area contributed by atoms with Crippen molar-refractivity contribution < 1.29 is 4.79 Å². The van der Waals surface area contributed by atoms with Crippen molar-refractivity contribution in [3.05, 3.63) is 40.3 Å². The molecule has 1 heterocycles. The summed E-state index contributed by atoms with van der Waals surface area (Å²) in [6.45, 7) is 7.90. The van der Waals surface area contributed by atoms with Gasteiger partial charge in [-0.1, -0.05) is 6.07 Å². The number of hydrogen-bond donors (Lipinski definition) is 1. The van der Waals surface area contributed by atoms with E-state index in [2.05, 4.69) is 9.97 Å². The van der Waals surface area contributed by atoms with E-state index in [-0.39, 0.29) is 0 Å². The lowest BCUT2D eigenvalue weighted by Crippen LogP contribution is -1.93. The lowest BCUT2D eigenvalue weighted by atomic mass is 9.98. The van der Waals surface area contributed by atoms with Gasteiger partial charge >= 0.3 is 0 Å². The summed E-state index contributed by atoms with van der Waals surface area (Å²) in [4.78, 5) is 18.6. The van der Waals surface area contributed by atoms with Crippen molar-refractivity contribution in [2.24, 2.45) is 0 Å². The number of carbonyl (C=O) groups is 1. The van der Waals surface area contributed by atoms with Crippen LogP contribution in [0.3, 0.4) is 0 Å². The number of aldehydes is 1. The zero-order valence-electron chi connectivity index (χ0n) is 10.6.